The van der Waals surface area contributed by atoms with Crippen LogP contribution in [0.5, 0.6) is 0 Å². The fraction of sp³-hybridized carbons (Fsp3) is 0.312. The number of nitrogens with one attached hydrogen (secondary N) is 1. The van der Waals surface area contributed by atoms with Gasteiger partial charge in [-0.1, -0.05) is 36.4 Å². The van der Waals surface area contributed by atoms with Crippen molar-refractivity contribution in [3.05, 3.63) is 65.5 Å². The van der Waals surface area contributed by atoms with Gasteiger partial charge in [0.2, 0.25) is 0 Å². The molecule has 0 spiro atoms. The molecular weight excluding hydrogens is 236 g/mol. The fourth-order valence-electron chi connectivity index (χ4n) is 2.12. The Labute approximate surface area is 114 Å². The van der Waals surface area contributed by atoms with E-state index in [1.54, 1.807) is 0 Å². The predicted octanol–water partition coefficient (Wildman–Crippen LogP) is 2.60. The van der Waals surface area contributed by atoms with E-state index in [4.69, 9.17) is 0 Å². The molecule has 0 aliphatic rings. The SMILES string of the molecule is Cc1cccnc1CNC(CCO)c1ccccc1. The molecule has 1 aromatic carbocycles. The Morgan fingerprint density at radius 3 is 2.63 bits per heavy atom. The van der Waals surface area contributed by atoms with Crippen LogP contribution in [-0.2, 0) is 6.54 Å². The molecule has 1 heterocycles. The maximum atomic E-state index is 9.19. The molecular formula is C16H20N2O. The van der Waals surface area contributed by atoms with Crippen LogP contribution in [0.15, 0.2) is 48.7 Å². The van der Waals surface area contributed by atoms with Crippen LogP contribution in [0.3, 0.4) is 0 Å². The number of benzene rings is 1. The summed E-state index contributed by atoms with van der Waals surface area (Å²) in [7, 11) is 0. The molecule has 0 aliphatic heterocycles. The van der Waals surface area contributed by atoms with Gasteiger partial charge in [0.1, 0.15) is 0 Å². The zero-order valence-electron chi connectivity index (χ0n) is 11.2. The van der Waals surface area contributed by atoms with Crippen molar-refractivity contribution >= 4 is 0 Å². The summed E-state index contributed by atoms with van der Waals surface area (Å²) in [6.07, 6.45) is 2.52. The first-order valence-corrected chi connectivity index (χ1v) is 6.61. The summed E-state index contributed by atoms with van der Waals surface area (Å²) >= 11 is 0. The van der Waals surface area contributed by atoms with E-state index in [0.29, 0.717) is 13.0 Å². The second kappa shape index (κ2) is 7.02. The van der Waals surface area contributed by atoms with Gasteiger partial charge < -0.3 is 10.4 Å². The molecule has 1 atom stereocenters. The van der Waals surface area contributed by atoms with Crippen LogP contribution in [0.2, 0.25) is 0 Å². The zero-order chi connectivity index (χ0) is 13.5. The summed E-state index contributed by atoms with van der Waals surface area (Å²) in [5, 5.41) is 12.7. The number of hydrogen-bond donors (Lipinski definition) is 2. The fourth-order valence-corrected chi connectivity index (χ4v) is 2.12. The molecule has 3 heteroatoms. The second-order valence-electron chi connectivity index (χ2n) is 4.62. The third kappa shape index (κ3) is 3.88. The van der Waals surface area contributed by atoms with Crippen LogP contribution in [0, 0.1) is 6.92 Å². The van der Waals surface area contributed by atoms with Gasteiger partial charge >= 0.3 is 0 Å². The van der Waals surface area contributed by atoms with E-state index < -0.39 is 0 Å². The van der Waals surface area contributed by atoms with Crippen LogP contribution >= 0.6 is 0 Å². The minimum absolute atomic E-state index is 0.160. The zero-order valence-corrected chi connectivity index (χ0v) is 11.2. The summed E-state index contributed by atoms with van der Waals surface area (Å²) < 4.78 is 0. The third-order valence-electron chi connectivity index (χ3n) is 3.25. The van der Waals surface area contributed by atoms with Gasteiger partial charge in [0.25, 0.3) is 0 Å². The minimum atomic E-state index is 0.160. The van der Waals surface area contributed by atoms with Crippen LogP contribution in [0.25, 0.3) is 0 Å². The molecule has 0 bridgehead atoms. The number of aliphatic hydroxyl groups is 1. The highest BCUT2D eigenvalue weighted by Crippen LogP contribution is 2.17. The van der Waals surface area contributed by atoms with Crippen LogP contribution in [0.1, 0.15) is 29.3 Å². The van der Waals surface area contributed by atoms with Gasteiger partial charge in [-0.25, -0.2) is 0 Å². The van der Waals surface area contributed by atoms with Gasteiger partial charge in [-0.2, -0.15) is 0 Å². The van der Waals surface area contributed by atoms with E-state index in [1.165, 1.54) is 11.1 Å². The lowest BCUT2D eigenvalue weighted by Crippen LogP contribution is -2.22. The quantitative estimate of drug-likeness (QED) is 0.835. The Bertz CT molecular complexity index is 499. The van der Waals surface area contributed by atoms with Crippen molar-refractivity contribution in [3.8, 4) is 0 Å². The number of pyridine rings is 1. The van der Waals surface area contributed by atoms with Crippen molar-refractivity contribution in [2.24, 2.45) is 0 Å². The van der Waals surface area contributed by atoms with Crippen LogP contribution < -0.4 is 5.32 Å². The maximum Gasteiger partial charge on any atom is 0.0570 e. The summed E-state index contributed by atoms with van der Waals surface area (Å²) in [6, 6.07) is 14.4. The molecule has 100 valence electrons. The van der Waals surface area contributed by atoms with E-state index in [9.17, 15) is 5.11 Å². The summed E-state index contributed by atoms with van der Waals surface area (Å²) in [6.45, 7) is 2.95. The Morgan fingerprint density at radius 2 is 1.95 bits per heavy atom. The molecule has 2 N–H and O–H groups in total. The highest BCUT2D eigenvalue weighted by atomic mass is 16.3. The van der Waals surface area contributed by atoms with Gasteiger partial charge in [0, 0.05) is 25.4 Å². The lowest BCUT2D eigenvalue weighted by molar-refractivity contribution is 0.265. The molecule has 0 amide bonds. The largest absolute Gasteiger partial charge is 0.396 e. The Morgan fingerprint density at radius 1 is 1.16 bits per heavy atom. The molecule has 0 saturated heterocycles. The van der Waals surface area contributed by atoms with Gasteiger partial charge in [-0.05, 0) is 30.5 Å². The standard InChI is InChI=1S/C16H20N2O/c1-13-6-5-10-17-16(13)12-18-15(9-11-19)14-7-3-2-4-8-14/h2-8,10,15,18-19H,9,11-12H2,1H3. The number of aromatic nitrogens is 1. The van der Waals surface area contributed by atoms with E-state index >= 15 is 0 Å². The van der Waals surface area contributed by atoms with E-state index in [2.05, 4.69) is 35.4 Å². The lowest BCUT2D eigenvalue weighted by Gasteiger charge is -2.18. The van der Waals surface area contributed by atoms with Crippen molar-refractivity contribution in [3.63, 3.8) is 0 Å². The van der Waals surface area contributed by atoms with Gasteiger partial charge in [-0.15, -0.1) is 0 Å². The molecule has 0 aliphatic carbocycles. The normalized spacial score (nSPS) is 12.3. The first-order valence-electron chi connectivity index (χ1n) is 6.61. The van der Waals surface area contributed by atoms with Crippen LogP contribution in [-0.4, -0.2) is 16.7 Å². The summed E-state index contributed by atoms with van der Waals surface area (Å²) in [5.74, 6) is 0. The van der Waals surface area contributed by atoms with Crippen molar-refractivity contribution in [1.82, 2.24) is 10.3 Å². The smallest absolute Gasteiger partial charge is 0.0570 e. The molecule has 2 rings (SSSR count). The molecule has 19 heavy (non-hydrogen) atoms. The monoisotopic (exact) mass is 256 g/mol. The number of rotatable bonds is 6. The predicted molar refractivity (Wildman–Crippen MR) is 76.7 cm³/mol. The maximum absolute atomic E-state index is 9.19. The van der Waals surface area contributed by atoms with E-state index in [1.807, 2.05) is 30.5 Å². The Hall–Kier alpha value is -1.71. The lowest BCUT2D eigenvalue weighted by atomic mass is 10.0. The summed E-state index contributed by atoms with van der Waals surface area (Å²) in [4.78, 5) is 4.38. The van der Waals surface area contributed by atoms with Crippen molar-refractivity contribution < 1.29 is 5.11 Å². The Kier molecular flexibility index (Phi) is 5.07. The number of aryl methyl sites for hydroxylation is 1. The molecule has 0 saturated carbocycles. The summed E-state index contributed by atoms with van der Waals surface area (Å²) in [5.41, 5.74) is 3.44. The average molecular weight is 256 g/mol. The molecule has 3 nitrogen and oxygen atoms in total. The van der Waals surface area contributed by atoms with Crippen molar-refractivity contribution in [1.29, 1.82) is 0 Å². The average Bonchev–Trinajstić information content (AvgIpc) is 2.46. The van der Waals surface area contributed by atoms with Crippen molar-refractivity contribution in [2.75, 3.05) is 6.61 Å². The number of aliphatic hydroxyl groups excluding tert-OH is 1. The van der Waals surface area contributed by atoms with Gasteiger partial charge in [0.15, 0.2) is 0 Å². The third-order valence-corrected chi connectivity index (χ3v) is 3.25. The molecule has 0 radical (unpaired) electrons. The number of hydrogen-bond acceptors (Lipinski definition) is 3. The highest BCUT2D eigenvalue weighted by Gasteiger charge is 2.10. The highest BCUT2D eigenvalue weighted by molar-refractivity contribution is 5.20. The van der Waals surface area contributed by atoms with E-state index in [0.717, 1.165) is 5.69 Å². The van der Waals surface area contributed by atoms with Gasteiger partial charge in [-0.3, -0.25) is 4.98 Å². The molecule has 2 aromatic rings. The minimum Gasteiger partial charge on any atom is -0.396 e. The van der Waals surface area contributed by atoms with Crippen LogP contribution in [0.4, 0.5) is 0 Å². The first-order chi connectivity index (χ1) is 9.31. The number of nitrogens with zero attached hydrogens (tertiary/aromatic N) is 1. The Balaban J connectivity index is 2.04. The molecule has 0 fully saturated rings. The van der Waals surface area contributed by atoms with Crippen molar-refractivity contribution in [2.45, 2.75) is 25.9 Å². The topological polar surface area (TPSA) is 45.2 Å². The molecule has 1 unspecified atom stereocenters. The second-order valence-corrected chi connectivity index (χ2v) is 4.62. The first kappa shape index (κ1) is 13.7. The van der Waals surface area contributed by atoms with E-state index in [-0.39, 0.29) is 12.6 Å². The molecule has 1 aromatic heterocycles. The van der Waals surface area contributed by atoms with Gasteiger partial charge in [0.05, 0.1) is 5.69 Å².